The fraction of sp³-hybridized carbons (Fsp3) is 0.314. The van der Waals surface area contributed by atoms with Gasteiger partial charge in [0.05, 0.1) is 25.0 Å². The number of nitrogens with zero attached hydrogens (tertiary/aromatic N) is 1. The number of aliphatic carboxylic acids is 1. The van der Waals surface area contributed by atoms with Crippen LogP contribution in [0.1, 0.15) is 61.8 Å². The maximum atomic E-state index is 12.7. The predicted molar refractivity (Wildman–Crippen MR) is 174 cm³/mol. The number of carboxylic acids is 1. The van der Waals surface area contributed by atoms with Crippen molar-refractivity contribution in [1.82, 2.24) is 15.6 Å². The Morgan fingerprint density at radius 3 is 2.36 bits per heavy atom. The minimum absolute atomic E-state index is 0.298. The molecule has 2 atom stereocenters. The van der Waals surface area contributed by atoms with Gasteiger partial charge in [0.25, 0.3) is 0 Å². The van der Waals surface area contributed by atoms with Crippen LogP contribution in [0.3, 0.4) is 0 Å². The molecule has 44 heavy (non-hydrogen) atoms. The predicted octanol–water partition coefficient (Wildman–Crippen LogP) is 5.30. The van der Waals surface area contributed by atoms with Crippen LogP contribution >= 0.6 is 0 Å². The van der Waals surface area contributed by atoms with E-state index in [1.165, 1.54) is 10.9 Å². The number of rotatable bonds is 14. The second kappa shape index (κ2) is 15.1. The number of carboxylic acid groups (broad SMARTS) is 1. The Bertz CT molecular complexity index is 1600. The number of aryl methyl sites for hydroxylation is 1. The molecular weight excluding hydrogens is 554 g/mol. The van der Waals surface area contributed by atoms with Gasteiger partial charge < -0.3 is 26.8 Å². The third-order valence-corrected chi connectivity index (χ3v) is 7.59. The molecule has 1 unspecified atom stereocenters. The summed E-state index contributed by atoms with van der Waals surface area (Å²) in [5.41, 5.74) is 11.1. The van der Waals surface area contributed by atoms with Crippen molar-refractivity contribution >= 4 is 34.4 Å². The zero-order valence-corrected chi connectivity index (χ0v) is 25.5. The summed E-state index contributed by atoms with van der Waals surface area (Å²) < 4.78 is 0. The molecule has 1 heterocycles. The number of hydrogen-bond donors (Lipinski definition) is 5. The summed E-state index contributed by atoms with van der Waals surface area (Å²) in [6, 6.07) is 22.5. The number of amides is 2. The van der Waals surface area contributed by atoms with Crippen LogP contribution in [0, 0.1) is 6.92 Å². The van der Waals surface area contributed by atoms with E-state index in [4.69, 9.17) is 5.73 Å². The van der Waals surface area contributed by atoms with Crippen LogP contribution in [0.15, 0.2) is 79.0 Å². The van der Waals surface area contributed by atoms with Gasteiger partial charge in [0.15, 0.2) is 0 Å². The van der Waals surface area contributed by atoms with E-state index in [1.807, 2.05) is 55.5 Å². The molecule has 0 spiro atoms. The molecule has 0 aliphatic heterocycles. The van der Waals surface area contributed by atoms with Crippen LogP contribution < -0.4 is 21.7 Å². The van der Waals surface area contributed by atoms with Gasteiger partial charge in [0, 0.05) is 12.7 Å². The first kappa shape index (κ1) is 32.2. The van der Waals surface area contributed by atoms with Gasteiger partial charge >= 0.3 is 5.97 Å². The van der Waals surface area contributed by atoms with Gasteiger partial charge in [0.2, 0.25) is 11.8 Å². The summed E-state index contributed by atoms with van der Waals surface area (Å²) in [7, 11) is 0. The van der Waals surface area contributed by atoms with Crippen molar-refractivity contribution in [3.8, 4) is 11.1 Å². The number of carbonyl (C=O) groups excluding carboxylic acids is 2. The maximum Gasteiger partial charge on any atom is 0.305 e. The van der Waals surface area contributed by atoms with Crippen LogP contribution in [0.5, 0.6) is 0 Å². The Morgan fingerprint density at radius 2 is 1.68 bits per heavy atom. The van der Waals surface area contributed by atoms with Gasteiger partial charge in [-0.3, -0.25) is 14.4 Å². The van der Waals surface area contributed by atoms with Gasteiger partial charge in [-0.1, -0.05) is 74.5 Å². The SMILES string of the molecule is Cc1ccnc(NCCC[C@H](N)C(=O)NCC(=O)NC(CC(=O)O)c2ccc(-c3ccc(C(C)C)c4ccccc34)cc2)c1. The highest BCUT2D eigenvalue weighted by molar-refractivity contribution is 5.98. The van der Waals surface area contributed by atoms with Crippen LogP contribution in [0.4, 0.5) is 5.82 Å². The Morgan fingerprint density at radius 1 is 0.955 bits per heavy atom. The van der Waals surface area contributed by atoms with Crippen molar-refractivity contribution in [3.63, 3.8) is 0 Å². The Kier molecular flexibility index (Phi) is 11.0. The molecule has 0 radical (unpaired) electrons. The van der Waals surface area contributed by atoms with E-state index < -0.39 is 29.9 Å². The van der Waals surface area contributed by atoms with Gasteiger partial charge in [0.1, 0.15) is 5.82 Å². The number of benzene rings is 3. The Balaban J connectivity index is 1.33. The van der Waals surface area contributed by atoms with Crippen molar-refractivity contribution in [2.45, 2.75) is 58.0 Å². The molecule has 230 valence electrons. The number of nitrogens with two attached hydrogens (primary N) is 1. The standard InChI is InChI=1S/C35H41N5O4/c1-22(2)26-14-15-27(29-8-5-4-7-28(26)29)24-10-12-25(13-11-24)31(20-34(42)43)40-33(41)21-39-35(44)30(36)9-6-17-37-32-19-23(3)16-18-38-32/h4-5,7-8,10-16,18-19,22,30-31H,6,9,17,20-21,36H2,1-3H3,(H,37,38)(H,39,44)(H,40,41)(H,42,43)/t30-,31?/m0/s1. The van der Waals surface area contributed by atoms with Crippen LogP contribution in [0.2, 0.25) is 0 Å². The molecule has 6 N–H and O–H groups in total. The molecule has 9 nitrogen and oxygen atoms in total. The highest BCUT2D eigenvalue weighted by atomic mass is 16.4. The van der Waals surface area contributed by atoms with Crippen molar-refractivity contribution in [1.29, 1.82) is 0 Å². The third-order valence-electron chi connectivity index (χ3n) is 7.59. The van der Waals surface area contributed by atoms with Crippen molar-refractivity contribution in [3.05, 3.63) is 95.7 Å². The van der Waals surface area contributed by atoms with Crippen LogP contribution in [-0.4, -0.2) is 47.0 Å². The lowest BCUT2D eigenvalue weighted by Gasteiger charge is -2.19. The number of carbonyl (C=O) groups is 3. The van der Waals surface area contributed by atoms with E-state index in [0.717, 1.165) is 27.9 Å². The summed E-state index contributed by atoms with van der Waals surface area (Å²) in [4.78, 5) is 41.1. The van der Waals surface area contributed by atoms with Crippen molar-refractivity contribution < 1.29 is 19.5 Å². The van der Waals surface area contributed by atoms with E-state index >= 15 is 0 Å². The third kappa shape index (κ3) is 8.64. The highest BCUT2D eigenvalue weighted by Crippen LogP contribution is 2.34. The zero-order valence-electron chi connectivity index (χ0n) is 25.5. The van der Waals surface area contributed by atoms with E-state index in [2.05, 4.69) is 59.0 Å². The van der Waals surface area contributed by atoms with Gasteiger partial charge in [-0.05, 0) is 76.4 Å². The molecule has 3 aromatic carbocycles. The summed E-state index contributed by atoms with van der Waals surface area (Å²) in [5, 5.41) is 20.4. The summed E-state index contributed by atoms with van der Waals surface area (Å²) in [6.07, 6.45) is 2.50. The van der Waals surface area contributed by atoms with Crippen LogP contribution in [0.25, 0.3) is 21.9 Å². The quantitative estimate of drug-likeness (QED) is 0.124. The van der Waals surface area contributed by atoms with Crippen LogP contribution in [-0.2, 0) is 14.4 Å². The Hall–Kier alpha value is -4.76. The molecule has 0 aliphatic carbocycles. The first-order chi connectivity index (χ1) is 21.1. The minimum atomic E-state index is -1.05. The number of pyridine rings is 1. The smallest absolute Gasteiger partial charge is 0.305 e. The number of nitrogens with one attached hydrogen (secondary N) is 3. The zero-order chi connectivity index (χ0) is 31.6. The molecule has 4 rings (SSSR count). The lowest BCUT2D eigenvalue weighted by Crippen LogP contribution is -2.45. The minimum Gasteiger partial charge on any atom is -0.481 e. The second-order valence-corrected chi connectivity index (χ2v) is 11.4. The molecule has 0 saturated heterocycles. The van der Waals surface area contributed by atoms with Gasteiger partial charge in [-0.15, -0.1) is 0 Å². The normalized spacial score (nSPS) is 12.5. The number of hydrogen-bond acceptors (Lipinski definition) is 6. The van der Waals surface area contributed by atoms with Gasteiger partial charge in [-0.25, -0.2) is 4.98 Å². The van der Waals surface area contributed by atoms with Gasteiger partial charge in [-0.2, -0.15) is 0 Å². The van der Waals surface area contributed by atoms with Crippen molar-refractivity contribution in [2.75, 3.05) is 18.4 Å². The molecule has 0 aliphatic rings. The first-order valence-corrected chi connectivity index (χ1v) is 14.9. The fourth-order valence-corrected chi connectivity index (χ4v) is 5.25. The molecule has 9 heteroatoms. The lowest BCUT2D eigenvalue weighted by molar-refractivity contribution is -0.138. The largest absolute Gasteiger partial charge is 0.481 e. The van der Waals surface area contributed by atoms with E-state index in [0.29, 0.717) is 30.9 Å². The van der Waals surface area contributed by atoms with E-state index in [1.54, 1.807) is 6.20 Å². The summed E-state index contributed by atoms with van der Waals surface area (Å²) in [5.74, 6) is -0.831. The molecule has 1 aromatic heterocycles. The lowest BCUT2D eigenvalue weighted by atomic mass is 9.90. The number of aromatic nitrogens is 1. The second-order valence-electron chi connectivity index (χ2n) is 11.4. The number of fused-ring (bicyclic) bond motifs is 1. The molecule has 0 fully saturated rings. The molecule has 2 amide bonds. The fourth-order valence-electron chi connectivity index (χ4n) is 5.25. The average molecular weight is 596 g/mol. The molecule has 0 saturated carbocycles. The summed E-state index contributed by atoms with van der Waals surface area (Å²) >= 11 is 0. The van der Waals surface area contributed by atoms with E-state index in [-0.39, 0.29) is 13.0 Å². The molecular formula is C35H41N5O4. The first-order valence-electron chi connectivity index (χ1n) is 14.9. The number of anilines is 1. The average Bonchev–Trinajstić information content (AvgIpc) is 3.00. The topological polar surface area (TPSA) is 146 Å². The molecule has 0 bridgehead atoms. The Labute approximate surface area is 258 Å². The summed E-state index contributed by atoms with van der Waals surface area (Å²) in [6.45, 7) is 6.64. The highest BCUT2D eigenvalue weighted by Gasteiger charge is 2.20. The van der Waals surface area contributed by atoms with Crippen molar-refractivity contribution in [2.24, 2.45) is 5.73 Å². The maximum absolute atomic E-state index is 12.7. The molecule has 4 aromatic rings. The monoisotopic (exact) mass is 595 g/mol. The van der Waals surface area contributed by atoms with E-state index in [9.17, 15) is 19.5 Å².